The average Bonchev–Trinajstić information content (AvgIpc) is 3.18. The van der Waals surface area contributed by atoms with Crippen LogP contribution in [-0.4, -0.2) is 37.4 Å². The summed E-state index contributed by atoms with van der Waals surface area (Å²) in [6.45, 7) is 3.27. The van der Waals surface area contributed by atoms with Gasteiger partial charge in [-0.25, -0.2) is 4.99 Å². The van der Waals surface area contributed by atoms with Gasteiger partial charge in [0.1, 0.15) is 12.0 Å². The topological polar surface area (TPSA) is 88.3 Å². The summed E-state index contributed by atoms with van der Waals surface area (Å²) >= 11 is 0. The molecule has 0 aliphatic rings. The lowest BCUT2D eigenvalue weighted by molar-refractivity contribution is 0.100. The van der Waals surface area contributed by atoms with Crippen LogP contribution in [0.4, 0.5) is 0 Å². The van der Waals surface area contributed by atoms with Crippen molar-refractivity contribution in [2.24, 2.45) is 4.99 Å². The van der Waals surface area contributed by atoms with Gasteiger partial charge in [-0.05, 0) is 37.0 Å². The number of benzene rings is 1. The van der Waals surface area contributed by atoms with Crippen LogP contribution in [0.1, 0.15) is 10.4 Å². The maximum atomic E-state index is 11.7. The van der Waals surface area contributed by atoms with Crippen LogP contribution in [0.15, 0.2) is 47.8 Å². The van der Waals surface area contributed by atoms with Crippen LogP contribution in [0, 0.1) is 0 Å². The molecule has 0 saturated heterocycles. The van der Waals surface area contributed by atoms with E-state index in [-0.39, 0.29) is 5.91 Å². The van der Waals surface area contributed by atoms with Gasteiger partial charge < -0.3 is 0 Å². The Morgan fingerprint density at radius 3 is 3.05 bits per heavy atom. The highest BCUT2D eigenvalue weighted by atomic mass is 16.1. The summed E-state index contributed by atoms with van der Waals surface area (Å²) in [7, 11) is 0. The summed E-state index contributed by atoms with van der Waals surface area (Å²) in [5.74, 6) is -0.358. The Balaban J connectivity index is 1.93. The molecule has 0 atom stereocenters. The van der Waals surface area contributed by atoms with Crippen molar-refractivity contribution in [3.05, 3.63) is 48.4 Å². The predicted octanol–water partition coefficient (Wildman–Crippen LogP) is 2.11. The van der Waals surface area contributed by atoms with Gasteiger partial charge in [0.2, 0.25) is 0 Å². The predicted molar refractivity (Wildman–Crippen MR) is 82.0 cm³/mol. The smallest absolute Gasteiger partial charge is 0.276 e. The van der Waals surface area contributed by atoms with E-state index in [2.05, 4.69) is 32.1 Å². The first-order chi connectivity index (χ1) is 10.8. The van der Waals surface area contributed by atoms with Crippen LogP contribution in [0.25, 0.3) is 27.8 Å². The Labute approximate surface area is 124 Å². The number of aliphatic imine (C=N–C) groups is 1. The van der Waals surface area contributed by atoms with Crippen molar-refractivity contribution in [2.45, 2.75) is 0 Å². The number of carbonyl (C=O) groups is 1. The number of amides is 1. The number of aromatic amines is 1. The molecule has 106 valence electrons. The van der Waals surface area contributed by atoms with Gasteiger partial charge in [0.15, 0.2) is 5.65 Å². The summed E-state index contributed by atoms with van der Waals surface area (Å²) in [5, 5.41) is 16.0. The number of nitrogens with zero attached hydrogens (tertiary/aromatic N) is 5. The second-order valence-electron chi connectivity index (χ2n) is 4.81. The molecule has 0 aliphatic carbocycles. The summed E-state index contributed by atoms with van der Waals surface area (Å²) in [6.07, 6.45) is 3.52. The Kier molecular flexibility index (Phi) is 2.59. The largest absolute Gasteiger partial charge is 0.288 e. The minimum absolute atomic E-state index is 0.358. The zero-order valence-corrected chi connectivity index (χ0v) is 11.4. The molecule has 0 spiro atoms. The highest BCUT2D eigenvalue weighted by Gasteiger charge is 2.12. The standard InChI is InChI=1S/C15H10N6O/c1-16-15(22)9-2-4-12-11(6-9)14(20-18-12)10-3-5-13-19-17-8-21(13)7-10/h2-8H,1H2,(H,18,20). The van der Waals surface area contributed by atoms with Gasteiger partial charge in [0.05, 0.1) is 5.52 Å². The van der Waals surface area contributed by atoms with Gasteiger partial charge in [-0.15, -0.1) is 10.2 Å². The lowest BCUT2D eigenvalue weighted by Crippen LogP contribution is -1.93. The third-order valence-corrected chi connectivity index (χ3v) is 3.52. The number of pyridine rings is 1. The van der Waals surface area contributed by atoms with Crippen molar-refractivity contribution < 1.29 is 4.79 Å². The Morgan fingerprint density at radius 1 is 1.27 bits per heavy atom. The number of carbonyl (C=O) groups excluding carboxylic acids is 1. The monoisotopic (exact) mass is 290 g/mol. The Bertz CT molecular complexity index is 1030. The van der Waals surface area contributed by atoms with Gasteiger partial charge in [0.25, 0.3) is 5.91 Å². The molecule has 4 aromatic rings. The van der Waals surface area contributed by atoms with Gasteiger partial charge >= 0.3 is 0 Å². The molecule has 3 aromatic heterocycles. The molecular weight excluding hydrogens is 280 g/mol. The average molecular weight is 290 g/mol. The second-order valence-corrected chi connectivity index (χ2v) is 4.81. The summed E-state index contributed by atoms with van der Waals surface area (Å²) in [4.78, 5) is 15.1. The fourth-order valence-corrected chi connectivity index (χ4v) is 2.43. The third-order valence-electron chi connectivity index (χ3n) is 3.52. The van der Waals surface area contributed by atoms with E-state index in [1.54, 1.807) is 18.5 Å². The molecule has 0 saturated carbocycles. The van der Waals surface area contributed by atoms with Crippen LogP contribution in [0.5, 0.6) is 0 Å². The number of nitrogens with one attached hydrogen (secondary N) is 1. The summed E-state index contributed by atoms with van der Waals surface area (Å²) < 4.78 is 1.82. The fourth-order valence-electron chi connectivity index (χ4n) is 2.43. The van der Waals surface area contributed by atoms with E-state index < -0.39 is 0 Å². The normalized spacial score (nSPS) is 11.1. The molecule has 0 bridgehead atoms. The van der Waals surface area contributed by atoms with Crippen molar-refractivity contribution in [1.82, 2.24) is 24.8 Å². The lowest BCUT2D eigenvalue weighted by Gasteiger charge is -2.00. The lowest BCUT2D eigenvalue weighted by atomic mass is 10.1. The number of hydrogen-bond acceptors (Lipinski definition) is 4. The SMILES string of the molecule is C=NC(=O)c1ccc2[nH]nc(-c3ccc4nncn4c3)c2c1. The van der Waals surface area contributed by atoms with Crippen LogP contribution >= 0.6 is 0 Å². The van der Waals surface area contributed by atoms with E-state index in [0.717, 1.165) is 27.8 Å². The number of H-pyrrole nitrogens is 1. The first kappa shape index (κ1) is 12.4. The van der Waals surface area contributed by atoms with E-state index in [4.69, 9.17) is 0 Å². The maximum absolute atomic E-state index is 11.7. The number of hydrogen-bond donors (Lipinski definition) is 1. The highest BCUT2D eigenvalue weighted by molar-refractivity contribution is 6.02. The number of aromatic nitrogens is 5. The van der Waals surface area contributed by atoms with E-state index in [1.165, 1.54) is 0 Å². The molecular formula is C15H10N6O. The number of fused-ring (bicyclic) bond motifs is 2. The van der Waals surface area contributed by atoms with Gasteiger partial charge in [-0.1, -0.05) is 0 Å². The molecule has 1 amide bonds. The van der Waals surface area contributed by atoms with Gasteiger partial charge in [-0.2, -0.15) is 5.10 Å². The van der Waals surface area contributed by atoms with Gasteiger partial charge in [0, 0.05) is 22.7 Å². The first-order valence-electron chi connectivity index (χ1n) is 6.55. The van der Waals surface area contributed by atoms with Crippen molar-refractivity contribution in [3.63, 3.8) is 0 Å². The maximum Gasteiger partial charge on any atom is 0.276 e. The molecule has 0 radical (unpaired) electrons. The molecule has 22 heavy (non-hydrogen) atoms. The highest BCUT2D eigenvalue weighted by Crippen LogP contribution is 2.27. The minimum atomic E-state index is -0.358. The molecule has 7 heteroatoms. The molecule has 3 heterocycles. The minimum Gasteiger partial charge on any atom is -0.288 e. The zero-order valence-electron chi connectivity index (χ0n) is 11.4. The van der Waals surface area contributed by atoms with Gasteiger partial charge in [-0.3, -0.25) is 14.3 Å². The van der Waals surface area contributed by atoms with E-state index in [1.807, 2.05) is 28.8 Å². The summed E-state index contributed by atoms with van der Waals surface area (Å²) in [5.41, 5.74) is 3.74. The zero-order chi connectivity index (χ0) is 15.1. The van der Waals surface area contributed by atoms with Crippen LogP contribution in [0.2, 0.25) is 0 Å². The second kappa shape index (κ2) is 4.59. The van der Waals surface area contributed by atoms with Crippen LogP contribution in [0.3, 0.4) is 0 Å². The quantitative estimate of drug-likeness (QED) is 0.573. The molecule has 0 fully saturated rings. The molecule has 0 unspecified atom stereocenters. The molecule has 7 nitrogen and oxygen atoms in total. The van der Waals surface area contributed by atoms with Crippen LogP contribution in [-0.2, 0) is 0 Å². The molecule has 4 rings (SSSR count). The Hall–Kier alpha value is -3.35. The third kappa shape index (κ3) is 1.80. The van der Waals surface area contributed by atoms with Crippen molar-refractivity contribution in [3.8, 4) is 11.3 Å². The molecule has 0 aliphatic heterocycles. The van der Waals surface area contributed by atoms with E-state index >= 15 is 0 Å². The first-order valence-corrected chi connectivity index (χ1v) is 6.55. The Morgan fingerprint density at radius 2 is 2.18 bits per heavy atom. The fraction of sp³-hybridized carbons (Fsp3) is 0. The van der Waals surface area contributed by atoms with Crippen molar-refractivity contribution in [1.29, 1.82) is 0 Å². The molecule has 1 aromatic carbocycles. The van der Waals surface area contributed by atoms with Crippen LogP contribution < -0.4 is 0 Å². The van der Waals surface area contributed by atoms with Crippen molar-refractivity contribution in [2.75, 3.05) is 0 Å². The van der Waals surface area contributed by atoms with E-state index in [0.29, 0.717) is 5.56 Å². The number of rotatable bonds is 2. The molecule has 1 N–H and O–H groups in total. The van der Waals surface area contributed by atoms with Crippen molar-refractivity contribution >= 4 is 29.2 Å². The summed E-state index contributed by atoms with van der Waals surface area (Å²) in [6, 6.07) is 9.05. The van der Waals surface area contributed by atoms with E-state index in [9.17, 15) is 4.79 Å².